The van der Waals surface area contributed by atoms with E-state index < -0.39 is 0 Å². The summed E-state index contributed by atoms with van der Waals surface area (Å²) in [6.45, 7) is 3.12. The molecule has 0 unspecified atom stereocenters. The molecule has 16 heavy (non-hydrogen) atoms. The molecule has 2 rings (SSSR count). The van der Waals surface area contributed by atoms with Crippen molar-refractivity contribution in [1.82, 2.24) is 0 Å². The van der Waals surface area contributed by atoms with E-state index in [1.54, 1.807) is 12.2 Å². The molecular formula is C12H16O4. The summed E-state index contributed by atoms with van der Waals surface area (Å²) < 4.78 is 9.13. The standard InChI is InChI=1S/C8H12O2.C4H4O2/c1-2-3-4-7-5-8(9)10-6-7;5-4-2-1-3-6-4/h5H,2-4,6H2,1H3;1-2H,3H2. The summed E-state index contributed by atoms with van der Waals surface area (Å²) in [6, 6.07) is 0. The van der Waals surface area contributed by atoms with Gasteiger partial charge in [0.15, 0.2) is 0 Å². The third kappa shape index (κ3) is 4.77. The van der Waals surface area contributed by atoms with Crippen molar-refractivity contribution < 1.29 is 19.1 Å². The summed E-state index contributed by atoms with van der Waals surface area (Å²) in [7, 11) is 0. The summed E-state index contributed by atoms with van der Waals surface area (Å²) >= 11 is 0. The van der Waals surface area contributed by atoms with Crippen molar-refractivity contribution in [1.29, 1.82) is 0 Å². The Morgan fingerprint density at radius 2 is 2.06 bits per heavy atom. The Kier molecular flexibility index (Phi) is 5.32. The third-order valence-electron chi connectivity index (χ3n) is 2.15. The van der Waals surface area contributed by atoms with Crippen LogP contribution < -0.4 is 0 Å². The van der Waals surface area contributed by atoms with Crippen molar-refractivity contribution in [2.45, 2.75) is 26.2 Å². The Labute approximate surface area is 94.9 Å². The molecule has 2 aliphatic heterocycles. The maximum Gasteiger partial charge on any atom is 0.331 e. The van der Waals surface area contributed by atoms with Crippen LogP contribution in [0.25, 0.3) is 0 Å². The van der Waals surface area contributed by atoms with Gasteiger partial charge in [0.05, 0.1) is 0 Å². The van der Waals surface area contributed by atoms with E-state index in [2.05, 4.69) is 11.7 Å². The van der Waals surface area contributed by atoms with Gasteiger partial charge in [0, 0.05) is 12.2 Å². The smallest absolute Gasteiger partial charge is 0.331 e. The number of esters is 2. The molecule has 0 N–H and O–H groups in total. The van der Waals surface area contributed by atoms with E-state index in [0.717, 1.165) is 18.4 Å². The molecule has 0 atom stereocenters. The molecule has 0 saturated heterocycles. The van der Waals surface area contributed by atoms with Gasteiger partial charge in [0.1, 0.15) is 13.2 Å². The highest BCUT2D eigenvalue weighted by atomic mass is 16.5. The minimum absolute atomic E-state index is 0.175. The molecule has 0 aromatic carbocycles. The zero-order valence-electron chi connectivity index (χ0n) is 9.40. The van der Waals surface area contributed by atoms with Crippen LogP contribution in [0.4, 0.5) is 0 Å². The van der Waals surface area contributed by atoms with E-state index in [0.29, 0.717) is 13.2 Å². The summed E-state index contributed by atoms with van der Waals surface area (Å²) in [6.07, 6.45) is 8.05. The Bertz CT molecular complexity index is 315. The van der Waals surface area contributed by atoms with Crippen LogP contribution in [-0.2, 0) is 19.1 Å². The number of ether oxygens (including phenoxy) is 2. The molecule has 4 heteroatoms. The Morgan fingerprint density at radius 1 is 1.25 bits per heavy atom. The zero-order valence-corrected chi connectivity index (χ0v) is 9.40. The SMILES string of the molecule is CCCCC1=CC(=O)OC1.O=C1C=CCO1. The van der Waals surface area contributed by atoms with Gasteiger partial charge < -0.3 is 9.47 Å². The normalized spacial score (nSPS) is 17.4. The maximum atomic E-state index is 10.5. The van der Waals surface area contributed by atoms with Gasteiger partial charge in [-0.3, -0.25) is 0 Å². The van der Waals surface area contributed by atoms with Crippen LogP contribution in [0.3, 0.4) is 0 Å². The van der Waals surface area contributed by atoms with Crippen LogP contribution in [0.5, 0.6) is 0 Å². The molecule has 0 amide bonds. The van der Waals surface area contributed by atoms with Crippen LogP contribution in [0.1, 0.15) is 26.2 Å². The van der Waals surface area contributed by atoms with Crippen LogP contribution in [-0.4, -0.2) is 25.2 Å². The number of carbonyl (C=O) groups excluding carboxylic acids is 2. The first-order chi connectivity index (χ1) is 7.72. The lowest BCUT2D eigenvalue weighted by atomic mass is 10.1. The molecule has 0 radical (unpaired) electrons. The van der Waals surface area contributed by atoms with Crippen molar-refractivity contribution >= 4 is 11.9 Å². The van der Waals surface area contributed by atoms with Gasteiger partial charge in [-0.1, -0.05) is 13.3 Å². The molecular weight excluding hydrogens is 208 g/mol. The maximum absolute atomic E-state index is 10.5. The average molecular weight is 224 g/mol. The molecule has 0 bridgehead atoms. The predicted molar refractivity (Wildman–Crippen MR) is 58.7 cm³/mol. The number of hydrogen-bond donors (Lipinski definition) is 0. The largest absolute Gasteiger partial charge is 0.458 e. The minimum Gasteiger partial charge on any atom is -0.458 e. The van der Waals surface area contributed by atoms with Gasteiger partial charge in [-0.15, -0.1) is 0 Å². The van der Waals surface area contributed by atoms with Gasteiger partial charge in [-0.05, 0) is 24.5 Å². The zero-order chi connectivity index (χ0) is 11.8. The molecule has 0 aliphatic carbocycles. The summed E-state index contributed by atoms with van der Waals surface area (Å²) in [4.78, 5) is 20.5. The molecule has 2 heterocycles. The van der Waals surface area contributed by atoms with Crippen LogP contribution in [0.15, 0.2) is 23.8 Å². The second-order valence-corrected chi connectivity index (χ2v) is 3.55. The highest BCUT2D eigenvalue weighted by molar-refractivity contribution is 5.85. The van der Waals surface area contributed by atoms with Crippen molar-refractivity contribution in [3.63, 3.8) is 0 Å². The number of unbranched alkanes of at least 4 members (excludes halogenated alkanes) is 1. The topological polar surface area (TPSA) is 52.6 Å². The Hall–Kier alpha value is -1.58. The van der Waals surface area contributed by atoms with Crippen molar-refractivity contribution in [2.24, 2.45) is 0 Å². The Morgan fingerprint density at radius 3 is 2.44 bits per heavy atom. The van der Waals surface area contributed by atoms with E-state index >= 15 is 0 Å². The lowest BCUT2D eigenvalue weighted by Crippen LogP contribution is -1.91. The van der Waals surface area contributed by atoms with Gasteiger partial charge in [0.2, 0.25) is 0 Å². The minimum atomic E-state index is -0.227. The van der Waals surface area contributed by atoms with E-state index in [9.17, 15) is 9.59 Å². The lowest BCUT2D eigenvalue weighted by molar-refractivity contribution is -0.135. The third-order valence-corrected chi connectivity index (χ3v) is 2.15. The number of rotatable bonds is 3. The van der Waals surface area contributed by atoms with E-state index in [1.807, 2.05) is 0 Å². The number of cyclic esters (lactones) is 2. The quantitative estimate of drug-likeness (QED) is 0.685. The van der Waals surface area contributed by atoms with E-state index in [4.69, 9.17) is 4.74 Å². The van der Waals surface area contributed by atoms with Crippen molar-refractivity contribution in [3.8, 4) is 0 Å². The monoisotopic (exact) mass is 224 g/mol. The molecule has 4 nitrogen and oxygen atoms in total. The molecule has 0 spiro atoms. The first-order valence-electron chi connectivity index (χ1n) is 5.42. The van der Waals surface area contributed by atoms with Crippen LogP contribution >= 0.6 is 0 Å². The van der Waals surface area contributed by atoms with Crippen LogP contribution in [0, 0.1) is 0 Å². The molecule has 0 aromatic heterocycles. The second-order valence-electron chi connectivity index (χ2n) is 3.55. The molecule has 2 aliphatic rings. The van der Waals surface area contributed by atoms with E-state index in [1.165, 1.54) is 12.5 Å². The summed E-state index contributed by atoms with van der Waals surface area (Å²) in [5.41, 5.74) is 1.15. The fourth-order valence-corrected chi connectivity index (χ4v) is 1.28. The van der Waals surface area contributed by atoms with Gasteiger partial charge in [-0.2, -0.15) is 0 Å². The molecule has 0 saturated carbocycles. The number of hydrogen-bond acceptors (Lipinski definition) is 4. The summed E-state index contributed by atoms with van der Waals surface area (Å²) in [5, 5.41) is 0. The second kappa shape index (κ2) is 6.82. The predicted octanol–water partition coefficient (Wildman–Crippen LogP) is 1.76. The van der Waals surface area contributed by atoms with Crippen molar-refractivity contribution in [3.05, 3.63) is 23.8 Å². The molecule has 0 fully saturated rings. The van der Waals surface area contributed by atoms with Crippen LogP contribution in [0.2, 0.25) is 0 Å². The Balaban J connectivity index is 0.000000181. The fraction of sp³-hybridized carbons (Fsp3) is 0.500. The highest BCUT2D eigenvalue weighted by Gasteiger charge is 2.10. The highest BCUT2D eigenvalue weighted by Crippen LogP contribution is 2.12. The lowest BCUT2D eigenvalue weighted by Gasteiger charge is -1.95. The van der Waals surface area contributed by atoms with Gasteiger partial charge >= 0.3 is 11.9 Å². The molecule has 88 valence electrons. The fourth-order valence-electron chi connectivity index (χ4n) is 1.28. The number of carbonyl (C=O) groups is 2. The average Bonchev–Trinajstić information content (AvgIpc) is 2.88. The van der Waals surface area contributed by atoms with E-state index in [-0.39, 0.29) is 11.9 Å². The van der Waals surface area contributed by atoms with Gasteiger partial charge in [0.25, 0.3) is 0 Å². The first kappa shape index (κ1) is 12.5. The van der Waals surface area contributed by atoms with Gasteiger partial charge in [-0.25, -0.2) is 9.59 Å². The van der Waals surface area contributed by atoms with Crippen molar-refractivity contribution in [2.75, 3.05) is 13.2 Å². The molecule has 0 aromatic rings. The summed E-state index contributed by atoms with van der Waals surface area (Å²) in [5.74, 6) is -0.402. The first-order valence-corrected chi connectivity index (χ1v) is 5.42.